The fourth-order valence-corrected chi connectivity index (χ4v) is 3.69. The number of halogens is 1. The van der Waals surface area contributed by atoms with Crippen LogP contribution in [0.1, 0.15) is 21.6 Å². The number of carbonyl (C=O) groups is 1. The van der Waals surface area contributed by atoms with Crippen molar-refractivity contribution in [1.82, 2.24) is 24.4 Å². The van der Waals surface area contributed by atoms with Gasteiger partial charge in [-0.2, -0.15) is 9.36 Å². The molecule has 0 spiro atoms. The summed E-state index contributed by atoms with van der Waals surface area (Å²) < 4.78 is 11.3. The number of aromatic nitrogens is 5. The van der Waals surface area contributed by atoms with Crippen LogP contribution < -0.4 is 10.1 Å². The minimum absolute atomic E-state index is 0.329. The van der Waals surface area contributed by atoms with Crippen molar-refractivity contribution in [3.63, 3.8) is 0 Å². The molecule has 152 valence electrons. The first-order valence-electron chi connectivity index (χ1n) is 8.96. The molecule has 0 aliphatic rings. The Balaban J connectivity index is 1.60. The number of para-hydroxylation sites is 1. The Bertz CT molecular complexity index is 1240. The second-order valence-electron chi connectivity index (χ2n) is 6.40. The molecule has 0 aliphatic heterocycles. The summed E-state index contributed by atoms with van der Waals surface area (Å²) in [6.45, 7) is 3.80. The van der Waals surface area contributed by atoms with Gasteiger partial charge in [-0.1, -0.05) is 35.0 Å². The fourth-order valence-electron chi connectivity index (χ4n) is 2.96. The lowest BCUT2D eigenvalue weighted by atomic mass is 10.2. The van der Waals surface area contributed by atoms with E-state index in [1.165, 1.54) is 7.11 Å². The van der Waals surface area contributed by atoms with Gasteiger partial charge in [-0.3, -0.25) is 10.1 Å². The minimum Gasteiger partial charge on any atom is -0.496 e. The van der Waals surface area contributed by atoms with Crippen LogP contribution in [0.15, 0.2) is 42.5 Å². The molecule has 0 bridgehead atoms. The summed E-state index contributed by atoms with van der Waals surface area (Å²) in [7, 11) is 1.52. The van der Waals surface area contributed by atoms with Crippen molar-refractivity contribution in [3.05, 3.63) is 64.3 Å². The van der Waals surface area contributed by atoms with Crippen molar-refractivity contribution in [3.8, 4) is 23.0 Å². The predicted molar refractivity (Wildman–Crippen MR) is 116 cm³/mol. The van der Waals surface area contributed by atoms with Gasteiger partial charge in [0, 0.05) is 16.6 Å². The van der Waals surface area contributed by atoms with Gasteiger partial charge >= 0.3 is 0 Å². The lowest BCUT2D eigenvalue weighted by Gasteiger charge is -2.08. The number of hydrogen-bond acceptors (Lipinski definition) is 7. The number of hydrogen-bond donors (Lipinski definition) is 1. The molecule has 0 saturated carbocycles. The first kappa shape index (κ1) is 20.0. The van der Waals surface area contributed by atoms with Crippen LogP contribution in [0.3, 0.4) is 0 Å². The summed E-state index contributed by atoms with van der Waals surface area (Å²) in [5.74, 6) is 0.541. The quantitative estimate of drug-likeness (QED) is 0.496. The molecule has 0 atom stereocenters. The van der Waals surface area contributed by atoms with Crippen molar-refractivity contribution in [2.75, 3.05) is 12.4 Å². The molecular weight excluding hydrogens is 424 g/mol. The number of amides is 1. The van der Waals surface area contributed by atoms with E-state index in [1.807, 2.05) is 32.0 Å². The highest BCUT2D eigenvalue weighted by atomic mass is 35.5. The summed E-state index contributed by atoms with van der Waals surface area (Å²) in [6, 6.07) is 12.6. The summed E-state index contributed by atoms with van der Waals surface area (Å²) in [4.78, 5) is 17.0. The number of nitrogens with one attached hydrogen (secondary N) is 1. The lowest BCUT2D eigenvalue weighted by Crippen LogP contribution is -2.12. The van der Waals surface area contributed by atoms with Crippen LogP contribution in [0.5, 0.6) is 5.75 Å². The summed E-state index contributed by atoms with van der Waals surface area (Å²) >= 11 is 7.30. The SMILES string of the molecule is COc1ccccc1C(=O)Nc1nc(-c2nnn(-c3cccc(Cl)c3C)c2C)ns1. The third kappa shape index (κ3) is 3.64. The Hall–Kier alpha value is -3.30. The summed E-state index contributed by atoms with van der Waals surface area (Å²) in [6.07, 6.45) is 0. The Morgan fingerprint density at radius 2 is 1.97 bits per heavy atom. The van der Waals surface area contributed by atoms with Crippen molar-refractivity contribution < 1.29 is 9.53 Å². The monoisotopic (exact) mass is 440 g/mol. The molecule has 8 nitrogen and oxygen atoms in total. The highest BCUT2D eigenvalue weighted by molar-refractivity contribution is 7.10. The molecule has 4 rings (SSSR count). The van der Waals surface area contributed by atoms with Crippen molar-refractivity contribution in [2.45, 2.75) is 13.8 Å². The van der Waals surface area contributed by atoms with Gasteiger partial charge in [-0.15, -0.1) is 5.10 Å². The lowest BCUT2D eigenvalue weighted by molar-refractivity contribution is 0.102. The highest BCUT2D eigenvalue weighted by Gasteiger charge is 2.19. The molecule has 10 heteroatoms. The van der Waals surface area contributed by atoms with E-state index >= 15 is 0 Å². The zero-order valence-corrected chi connectivity index (χ0v) is 18.0. The number of anilines is 1. The van der Waals surface area contributed by atoms with Gasteiger partial charge in [0.25, 0.3) is 5.91 Å². The van der Waals surface area contributed by atoms with Crippen LogP contribution in [0.25, 0.3) is 17.2 Å². The van der Waals surface area contributed by atoms with Crippen LogP contribution in [-0.4, -0.2) is 37.4 Å². The summed E-state index contributed by atoms with van der Waals surface area (Å²) in [5.41, 5.74) is 3.44. The van der Waals surface area contributed by atoms with Gasteiger partial charge in [-0.25, -0.2) is 4.68 Å². The van der Waals surface area contributed by atoms with E-state index in [-0.39, 0.29) is 5.91 Å². The average molecular weight is 441 g/mol. The van der Waals surface area contributed by atoms with Gasteiger partial charge in [-0.05, 0) is 43.7 Å². The third-order valence-electron chi connectivity index (χ3n) is 4.57. The van der Waals surface area contributed by atoms with Crippen molar-refractivity contribution >= 4 is 34.2 Å². The van der Waals surface area contributed by atoms with E-state index in [0.717, 1.165) is 28.5 Å². The van der Waals surface area contributed by atoms with Crippen LogP contribution in [0, 0.1) is 13.8 Å². The normalized spacial score (nSPS) is 10.8. The fraction of sp³-hybridized carbons (Fsp3) is 0.150. The van der Waals surface area contributed by atoms with Crippen molar-refractivity contribution in [2.24, 2.45) is 0 Å². The van der Waals surface area contributed by atoms with Crippen LogP contribution in [0.4, 0.5) is 5.13 Å². The van der Waals surface area contributed by atoms with Gasteiger partial charge in [0.15, 0.2) is 11.5 Å². The Morgan fingerprint density at radius 1 is 1.17 bits per heavy atom. The number of benzene rings is 2. The molecule has 0 fully saturated rings. The van der Waals surface area contributed by atoms with E-state index in [2.05, 4.69) is 25.0 Å². The second kappa shape index (κ2) is 8.21. The molecule has 4 aromatic rings. The molecule has 0 radical (unpaired) electrons. The van der Waals surface area contributed by atoms with E-state index in [1.54, 1.807) is 28.9 Å². The average Bonchev–Trinajstić information content (AvgIpc) is 3.36. The van der Waals surface area contributed by atoms with E-state index < -0.39 is 0 Å². The highest BCUT2D eigenvalue weighted by Crippen LogP contribution is 2.27. The van der Waals surface area contributed by atoms with Gasteiger partial charge < -0.3 is 4.74 Å². The zero-order valence-electron chi connectivity index (χ0n) is 16.4. The standard InChI is InChI=1S/C20H17ClN6O2S/c1-11-14(21)8-6-9-15(11)27-12(2)17(24-26-27)18-22-20(30-25-18)23-19(28)13-7-4-5-10-16(13)29-3/h4-10H,1-3H3,(H,22,23,25,28). The molecule has 2 heterocycles. The van der Waals surface area contributed by atoms with Crippen LogP contribution in [-0.2, 0) is 0 Å². The zero-order chi connectivity index (χ0) is 21.3. The molecule has 0 aliphatic carbocycles. The Kier molecular flexibility index (Phi) is 5.47. The minimum atomic E-state index is -0.329. The summed E-state index contributed by atoms with van der Waals surface area (Å²) in [5, 5.41) is 12.2. The number of nitrogens with zero attached hydrogens (tertiary/aromatic N) is 5. The maximum atomic E-state index is 12.6. The molecule has 2 aromatic carbocycles. The number of methoxy groups -OCH3 is 1. The van der Waals surface area contributed by atoms with E-state index in [4.69, 9.17) is 16.3 Å². The maximum absolute atomic E-state index is 12.6. The molecule has 0 unspecified atom stereocenters. The van der Waals surface area contributed by atoms with Crippen LogP contribution in [0.2, 0.25) is 5.02 Å². The van der Waals surface area contributed by atoms with Gasteiger partial charge in [0.1, 0.15) is 5.75 Å². The van der Waals surface area contributed by atoms with Crippen LogP contribution >= 0.6 is 23.1 Å². The topological polar surface area (TPSA) is 94.8 Å². The maximum Gasteiger partial charge on any atom is 0.261 e. The number of ether oxygens (including phenoxy) is 1. The molecular formula is C20H17ClN6O2S. The van der Waals surface area contributed by atoms with E-state index in [9.17, 15) is 4.79 Å². The molecule has 1 N–H and O–H groups in total. The van der Waals surface area contributed by atoms with Gasteiger partial charge in [0.2, 0.25) is 5.13 Å². The smallest absolute Gasteiger partial charge is 0.261 e. The molecule has 30 heavy (non-hydrogen) atoms. The molecule has 2 aromatic heterocycles. The molecule has 1 amide bonds. The second-order valence-corrected chi connectivity index (χ2v) is 7.56. The van der Waals surface area contributed by atoms with Gasteiger partial charge in [0.05, 0.1) is 24.1 Å². The van der Waals surface area contributed by atoms with Crippen molar-refractivity contribution in [1.29, 1.82) is 0 Å². The number of rotatable bonds is 5. The predicted octanol–water partition coefficient (Wildman–Crippen LogP) is 4.32. The largest absolute Gasteiger partial charge is 0.496 e. The first-order valence-corrected chi connectivity index (χ1v) is 10.1. The first-order chi connectivity index (χ1) is 14.5. The Labute approximate surface area is 181 Å². The van der Waals surface area contributed by atoms with E-state index in [0.29, 0.717) is 33.0 Å². The number of carbonyl (C=O) groups excluding carboxylic acids is 1. The third-order valence-corrected chi connectivity index (χ3v) is 5.61. The molecule has 0 saturated heterocycles. The Morgan fingerprint density at radius 3 is 2.77 bits per heavy atom.